The molecule has 3 rings (SSSR count). The minimum Gasteiger partial charge on any atom is -0.490 e. The number of aliphatic imine (C=N–C) groups is 1. The van der Waals surface area contributed by atoms with Gasteiger partial charge in [0.25, 0.3) is 0 Å². The van der Waals surface area contributed by atoms with E-state index in [-0.39, 0.29) is 30.0 Å². The van der Waals surface area contributed by atoms with E-state index in [0.717, 1.165) is 42.7 Å². The Morgan fingerprint density at radius 1 is 1.48 bits per heavy atom. The van der Waals surface area contributed by atoms with Crippen LogP contribution in [0.15, 0.2) is 29.5 Å². The van der Waals surface area contributed by atoms with E-state index in [2.05, 4.69) is 30.7 Å². The number of fused-ring (bicyclic) bond motifs is 1. The average molecular weight is 457 g/mol. The van der Waals surface area contributed by atoms with Crippen LogP contribution in [0.25, 0.3) is 0 Å². The molecule has 9 heteroatoms. The Hall–Kier alpha value is -1.91. The summed E-state index contributed by atoms with van der Waals surface area (Å²) in [6, 6.07) is 3.87. The molecular formula is C16H24IN7O. The van der Waals surface area contributed by atoms with Gasteiger partial charge in [0.15, 0.2) is 5.96 Å². The lowest BCUT2D eigenvalue weighted by Gasteiger charge is -2.25. The zero-order valence-electron chi connectivity index (χ0n) is 14.5. The lowest BCUT2D eigenvalue weighted by Crippen LogP contribution is -2.42. The molecule has 0 spiro atoms. The first-order chi connectivity index (χ1) is 11.8. The molecule has 0 bridgehead atoms. The van der Waals surface area contributed by atoms with Gasteiger partial charge in [-0.1, -0.05) is 0 Å². The van der Waals surface area contributed by atoms with Crippen molar-refractivity contribution in [2.45, 2.75) is 32.4 Å². The second-order valence-electron chi connectivity index (χ2n) is 5.62. The van der Waals surface area contributed by atoms with Gasteiger partial charge in [-0.15, -0.1) is 24.0 Å². The van der Waals surface area contributed by atoms with Gasteiger partial charge in [0.1, 0.15) is 24.0 Å². The van der Waals surface area contributed by atoms with E-state index >= 15 is 0 Å². The zero-order valence-corrected chi connectivity index (χ0v) is 16.8. The first-order valence-electron chi connectivity index (χ1n) is 8.17. The molecule has 0 fully saturated rings. The van der Waals surface area contributed by atoms with Crippen LogP contribution in [0.3, 0.4) is 0 Å². The SMILES string of the molecule is CN=C(NCCOc1cccnc1)NC1CCCn2nc(C)nc21.I. The highest BCUT2D eigenvalue weighted by molar-refractivity contribution is 14.0. The first kappa shape index (κ1) is 19.4. The number of aromatic nitrogens is 4. The van der Waals surface area contributed by atoms with E-state index < -0.39 is 0 Å². The van der Waals surface area contributed by atoms with Gasteiger partial charge in [-0.25, -0.2) is 9.67 Å². The molecule has 2 aromatic heterocycles. The Morgan fingerprint density at radius 3 is 3.12 bits per heavy atom. The van der Waals surface area contributed by atoms with Crippen molar-refractivity contribution in [2.24, 2.45) is 4.99 Å². The van der Waals surface area contributed by atoms with Crippen molar-refractivity contribution in [3.05, 3.63) is 36.2 Å². The summed E-state index contributed by atoms with van der Waals surface area (Å²) in [7, 11) is 1.76. The molecule has 1 atom stereocenters. The van der Waals surface area contributed by atoms with Crippen molar-refractivity contribution >= 4 is 29.9 Å². The van der Waals surface area contributed by atoms with E-state index in [1.165, 1.54) is 0 Å². The number of hydrogen-bond donors (Lipinski definition) is 2. The molecule has 2 aromatic rings. The van der Waals surface area contributed by atoms with E-state index in [1.54, 1.807) is 19.4 Å². The summed E-state index contributed by atoms with van der Waals surface area (Å²) in [6.07, 6.45) is 5.52. The standard InChI is InChI=1S/C16H23N7O.HI/c1-12-20-15-14(6-4-9-23(15)22-12)21-16(17-2)19-8-10-24-13-5-3-7-18-11-13;/h3,5,7,11,14H,4,6,8-10H2,1-2H3,(H2,17,19,21);1H. The van der Waals surface area contributed by atoms with Gasteiger partial charge in [-0.05, 0) is 31.9 Å². The molecule has 0 amide bonds. The third-order valence-electron chi connectivity index (χ3n) is 3.81. The predicted octanol–water partition coefficient (Wildman–Crippen LogP) is 1.68. The van der Waals surface area contributed by atoms with Crippen molar-refractivity contribution in [2.75, 3.05) is 20.2 Å². The van der Waals surface area contributed by atoms with E-state index in [4.69, 9.17) is 4.74 Å². The first-order valence-corrected chi connectivity index (χ1v) is 8.17. The van der Waals surface area contributed by atoms with Crippen LogP contribution in [0.1, 0.15) is 30.5 Å². The molecule has 0 radical (unpaired) electrons. The lowest BCUT2D eigenvalue weighted by atomic mass is 10.1. The zero-order chi connectivity index (χ0) is 16.8. The number of ether oxygens (including phenoxy) is 1. The maximum atomic E-state index is 5.62. The molecule has 3 heterocycles. The topological polar surface area (TPSA) is 89.3 Å². The van der Waals surface area contributed by atoms with Gasteiger partial charge in [-0.3, -0.25) is 9.98 Å². The maximum absolute atomic E-state index is 5.62. The van der Waals surface area contributed by atoms with E-state index in [0.29, 0.717) is 13.2 Å². The van der Waals surface area contributed by atoms with Crippen molar-refractivity contribution in [1.82, 2.24) is 30.4 Å². The summed E-state index contributed by atoms with van der Waals surface area (Å²) in [5.74, 6) is 3.29. The summed E-state index contributed by atoms with van der Waals surface area (Å²) >= 11 is 0. The summed E-state index contributed by atoms with van der Waals surface area (Å²) in [6.45, 7) is 4.03. The molecule has 0 saturated heterocycles. The monoisotopic (exact) mass is 457 g/mol. The third-order valence-corrected chi connectivity index (χ3v) is 3.81. The van der Waals surface area contributed by atoms with Gasteiger partial charge in [0.05, 0.1) is 18.8 Å². The smallest absolute Gasteiger partial charge is 0.191 e. The molecule has 0 aromatic carbocycles. The Bertz CT molecular complexity index is 689. The molecule has 136 valence electrons. The van der Waals surface area contributed by atoms with Gasteiger partial charge in [0, 0.05) is 19.8 Å². The minimum absolute atomic E-state index is 0. The number of nitrogens with zero attached hydrogens (tertiary/aromatic N) is 5. The number of pyridine rings is 1. The molecule has 2 N–H and O–H groups in total. The highest BCUT2D eigenvalue weighted by Gasteiger charge is 2.24. The molecule has 1 aliphatic heterocycles. The summed E-state index contributed by atoms with van der Waals surface area (Å²) in [4.78, 5) is 12.8. The van der Waals surface area contributed by atoms with Gasteiger partial charge < -0.3 is 15.4 Å². The predicted molar refractivity (Wildman–Crippen MR) is 106 cm³/mol. The highest BCUT2D eigenvalue weighted by Crippen LogP contribution is 2.22. The molecule has 25 heavy (non-hydrogen) atoms. The molecule has 0 saturated carbocycles. The fraction of sp³-hybridized carbons (Fsp3) is 0.500. The van der Waals surface area contributed by atoms with Crippen LogP contribution in [0.4, 0.5) is 0 Å². The van der Waals surface area contributed by atoms with Crippen molar-refractivity contribution < 1.29 is 4.74 Å². The number of nitrogens with one attached hydrogen (secondary N) is 2. The number of hydrogen-bond acceptors (Lipinski definition) is 5. The Labute approximate surface area is 164 Å². The van der Waals surface area contributed by atoms with E-state index in [1.807, 2.05) is 23.7 Å². The quantitative estimate of drug-likeness (QED) is 0.308. The summed E-state index contributed by atoms with van der Waals surface area (Å²) < 4.78 is 7.60. The Kier molecular flexibility index (Phi) is 7.41. The normalized spacial score (nSPS) is 16.6. The Balaban J connectivity index is 0.00000225. The van der Waals surface area contributed by atoms with E-state index in [9.17, 15) is 0 Å². The fourth-order valence-corrected chi connectivity index (χ4v) is 2.74. The number of halogens is 1. The number of guanidine groups is 1. The van der Waals surface area contributed by atoms with Gasteiger partial charge >= 0.3 is 0 Å². The second kappa shape index (κ2) is 9.54. The van der Waals surface area contributed by atoms with Crippen molar-refractivity contribution in [1.29, 1.82) is 0 Å². The molecule has 1 unspecified atom stereocenters. The van der Waals surface area contributed by atoms with Crippen LogP contribution in [-0.2, 0) is 6.54 Å². The van der Waals surface area contributed by atoms with Crippen LogP contribution in [0.2, 0.25) is 0 Å². The van der Waals surface area contributed by atoms with Crippen LogP contribution in [-0.4, -0.2) is 45.9 Å². The Morgan fingerprint density at radius 2 is 2.36 bits per heavy atom. The number of rotatable bonds is 5. The van der Waals surface area contributed by atoms with Crippen molar-refractivity contribution in [3.8, 4) is 5.75 Å². The van der Waals surface area contributed by atoms with Crippen LogP contribution < -0.4 is 15.4 Å². The summed E-state index contributed by atoms with van der Waals surface area (Å²) in [5, 5.41) is 11.1. The molecule has 8 nitrogen and oxygen atoms in total. The second-order valence-corrected chi connectivity index (χ2v) is 5.62. The average Bonchev–Trinajstić information content (AvgIpc) is 2.99. The molecular weight excluding hydrogens is 433 g/mol. The third kappa shape index (κ3) is 5.28. The largest absolute Gasteiger partial charge is 0.490 e. The van der Waals surface area contributed by atoms with Gasteiger partial charge in [0.2, 0.25) is 0 Å². The molecule has 1 aliphatic rings. The molecule has 0 aliphatic carbocycles. The van der Waals surface area contributed by atoms with Crippen molar-refractivity contribution in [3.63, 3.8) is 0 Å². The summed E-state index contributed by atoms with van der Waals surface area (Å²) in [5.41, 5.74) is 0. The number of aryl methyl sites for hydroxylation is 2. The van der Waals surface area contributed by atoms with Gasteiger partial charge in [-0.2, -0.15) is 5.10 Å². The fourth-order valence-electron chi connectivity index (χ4n) is 2.74. The maximum Gasteiger partial charge on any atom is 0.191 e. The lowest BCUT2D eigenvalue weighted by molar-refractivity contribution is 0.320. The van der Waals surface area contributed by atoms with Crippen LogP contribution in [0, 0.1) is 6.92 Å². The van der Waals surface area contributed by atoms with Crippen LogP contribution >= 0.6 is 24.0 Å². The highest BCUT2D eigenvalue weighted by atomic mass is 127. The minimum atomic E-state index is 0. The van der Waals surface area contributed by atoms with Crippen LogP contribution in [0.5, 0.6) is 5.75 Å².